The second-order valence-corrected chi connectivity index (χ2v) is 23.4. The van der Waals surface area contributed by atoms with Gasteiger partial charge in [-0.2, -0.15) is 0 Å². The maximum absolute atomic E-state index is 2.69. The maximum atomic E-state index is 2.69. The summed E-state index contributed by atoms with van der Waals surface area (Å²) < 4.78 is 0. The average molecular weight is 835 g/mol. The van der Waals surface area contributed by atoms with Crippen molar-refractivity contribution < 1.29 is 0 Å². The van der Waals surface area contributed by atoms with E-state index in [1.54, 1.807) is 0 Å². The Labute approximate surface area is 383 Å². The molecule has 0 bridgehead atoms. The van der Waals surface area contributed by atoms with E-state index >= 15 is 0 Å². The van der Waals surface area contributed by atoms with Crippen LogP contribution < -0.4 is 26.2 Å². The molecule has 7 aromatic carbocycles. The molecule has 0 amide bonds. The van der Waals surface area contributed by atoms with Crippen LogP contribution in [0.2, 0.25) is 0 Å². The van der Waals surface area contributed by atoms with E-state index in [0.29, 0.717) is 0 Å². The van der Waals surface area contributed by atoms with Gasteiger partial charge in [0.15, 0.2) is 0 Å². The Morgan fingerprint density at radius 1 is 0.422 bits per heavy atom. The van der Waals surface area contributed by atoms with E-state index in [1.807, 2.05) is 0 Å². The van der Waals surface area contributed by atoms with Crippen LogP contribution in [0.4, 0.5) is 34.1 Å². The fourth-order valence-corrected chi connectivity index (χ4v) is 13.1. The van der Waals surface area contributed by atoms with E-state index < -0.39 is 0 Å². The first kappa shape index (κ1) is 40.9. The highest BCUT2D eigenvalue weighted by Gasteiger charge is 2.49. The van der Waals surface area contributed by atoms with Crippen LogP contribution in [0.1, 0.15) is 122 Å². The van der Waals surface area contributed by atoms with Crippen LogP contribution >= 0.6 is 0 Å². The standard InChI is InChI=1S/C61H63BN2/c1-38-29-41(39-19-15-13-16-20-39)24-28-51(38)64-52-30-42(40-21-17-14-18-22-40)23-27-49(52)62-50-34-47-48(61(11,12)37-60(47,9)10)35-53(50)63(54-31-43(57(2,3)4)32-55(64)56(54)62)44-25-26-45-46(33-44)59(7,8)36-58(45,5)6/h13-35H,36-37H2,1-12H3. The molecule has 0 saturated heterocycles. The fourth-order valence-electron chi connectivity index (χ4n) is 13.1. The number of rotatable bonds is 4. The van der Waals surface area contributed by atoms with E-state index in [1.165, 1.54) is 106 Å². The minimum Gasteiger partial charge on any atom is -0.311 e. The monoisotopic (exact) mass is 835 g/mol. The molecule has 64 heavy (non-hydrogen) atoms. The van der Waals surface area contributed by atoms with Crippen LogP contribution in [0.25, 0.3) is 22.3 Å². The van der Waals surface area contributed by atoms with Crippen LogP contribution in [-0.4, -0.2) is 6.71 Å². The molecule has 0 atom stereocenters. The molecule has 0 radical (unpaired) electrons. The van der Waals surface area contributed by atoms with Gasteiger partial charge in [-0.1, -0.05) is 167 Å². The molecule has 0 N–H and O–H groups in total. The lowest BCUT2D eigenvalue weighted by Gasteiger charge is -2.46. The van der Waals surface area contributed by atoms with E-state index in [2.05, 4.69) is 232 Å². The maximum Gasteiger partial charge on any atom is 0.252 e. The lowest BCUT2D eigenvalue weighted by Crippen LogP contribution is -2.61. The first-order chi connectivity index (χ1) is 30.2. The van der Waals surface area contributed by atoms with E-state index in [-0.39, 0.29) is 33.8 Å². The minimum absolute atomic E-state index is 0.0415. The van der Waals surface area contributed by atoms with Crippen molar-refractivity contribution in [3.8, 4) is 22.3 Å². The summed E-state index contributed by atoms with van der Waals surface area (Å²) in [6.07, 6.45) is 2.27. The van der Waals surface area contributed by atoms with Gasteiger partial charge in [0.05, 0.1) is 0 Å². The molecule has 11 rings (SSSR count). The molecule has 2 aliphatic carbocycles. The van der Waals surface area contributed by atoms with Gasteiger partial charge in [0.2, 0.25) is 0 Å². The smallest absolute Gasteiger partial charge is 0.252 e. The van der Waals surface area contributed by atoms with Crippen molar-refractivity contribution in [3.63, 3.8) is 0 Å². The molecule has 2 nitrogen and oxygen atoms in total. The van der Waals surface area contributed by atoms with E-state index in [9.17, 15) is 0 Å². The summed E-state index contributed by atoms with van der Waals surface area (Å²) in [4.78, 5) is 5.32. The summed E-state index contributed by atoms with van der Waals surface area (Å²) in [6.45, 7) is 29.1. The van der Waals surface area contributed by atoms with Gasteiger partial charge >= 0.3 is 0 Å². The van der Waals surface area contributed by atoms with Crippen molar-refractivity contribution in [2.45, 2.75) is 123 Å². The van der Waals surface area contributed by atoms with Gasteiger partial charge in [-0.15, -0.1) is 0 Å². The largest absolute Gasteiger partial charge is 0.311 e. The number of anilines is 6. The quantitative estimate of drug-likeness (QED) is 0.163. The van der Waals surface area contributed by atoms with Crippen LogP contribution in [-0.2, 0) is 27.1 Å². The van der Waals surface area contributed by atoms with Crippen molar-refractivity contribution in [2.24, 2.45) is 0 Å². The zero-order chi connectivity index (χ0) is 44.9. The van der Waals surface area contributed by atoms with E-state index in [0.717, 1.165) is 12.8 Å². The van der Waals surface area contributed by atoms with Gasteiger partial charge < -0.3 is 9.80 Å². The molecule has 0 saturated carbocycles. The predicted molar refractivity (Wildman–Crippen MR) is 276 cm³/mol. The van der Waals surface area contributed by atoms with Crippen molar-refractivity contribution in [2.75, 3.05) is 9.80 Å². The normalized spacial score (nSPS) is 18.0. The number of hydrogen-bond acceptors (Lipinski definition) is 2. The average Bonchev–Trinajstić information content (AvgIpc) is 3.56. The summed E-state index contributed by atoms with van der Waals surface area (Å²) in [7, 11) is 0. The van der Waals surface area contributed by atoms with E-state index in [4.69, 9.17) is 0 Å². The van der Waals surface area contributed by atoms with Gasteiger partial charge in [0.25, 0.3) is 6.71 Å². The van der Waals surface area contributed by atoms with Gasteiger partial charge in [-0.05, 0) is 167 Å². The molecular weight excluding hydrogens is 771 g/mol. The Hall–Kier alpha value is -5.80. The van der Waals surface area contributed by atoms with Gasteiger partial charge in [0, 0.05) is 34.1 Å². The Balaban J connectivity index is 1.25. The molecule has 4 aliphatic rings. The second-order valence-electron chi connectivity index (χ2n) is 23.4. The molecule has 2 aliphatic heterocycles. The highest BCUT2D eigenvalue weighted by atomic mass is 15.2. The molecule has 0 unspecified atom stereocenters. The number of nitrogens with zero attached hydrogens (tertiary/aromatic N) is 2. The number of benzene rings is 7. The fraction of sp³-hybridized carbons (Fsp3) is 0.311. The third-order valence-electron chi connectivity index (χ3n) is 15.7. The molecular formula is C61H63BN2. The van der Waals surface area contributed by atoms with Gasteiger partial charge in [-0.3, -0.25) is 0 Å². The Kier molecular flexibility index (Phi) is 8.71. The summed E-state index contributed by atoms with van der Waals surface area (Å²) in [5.41, 5.74) is 25.5. The summed E-state index contributed by atoms with van der Waals surface area (Å²) in [5.74, 6) is 0. The third-order valence-corrected chi connectivity index (χ3v) is 15.7. The van der Waals surface area contributed by atoms with Crippen molar-refractivity contribution in [3.05, 3.63) is 173 Å². The van der Waals surface area contributed by atoms with Crippen LogP contribution in [0.3, 0.4) is 0 Å². The molecule has 320 valence electrons. The molecule has 2 heterocycles. The van der Waals surface area contributed by atoms with Gasteiger partial charge in [0.1, 0.15) is 0 Å². The SMILES string of the molecule is Cc1cc(-c2ccccc2)ccc1N1c2cc(-c3ccccc3)ccc2B2c3cc4c(cc3N(c3ccc5c(c3)C(C)(C)CC5(C)C)c3cc(C(C)(C)C)cc1c32)C(C)(C)CC4(C)C. The first-order valence-corrected chi connectivity index (χ1v) is 23.7. The molecule has 3 heteroatoms. The highest BCUT2D eigenvalue weighted by Crippen LogP contribution is 2.55. The Bertz CT molecular complexity index is 3050. The summed E-state index contributed by atoms with van der Waals surface area (Å²) in [5, 5.41) is 0. The minimum atomic E-state index is -0.106. The third kappa shape index (κ3) is 6.13. The predicted octanol–water partition coefficient (Wildman–Crippen LogP) is 14.6. The number of hydrogen-bond donors (Lipinski definition) is 0. The van der Waals surface area contributed by atoms with Crippen molar-refractivity contribution in [1.82, 2.24) is 0 Å². The van der Waals surface area contributed by atoms with Crippen LogP contribution in [0.5, 0.6) is 0 Å². The molecule has 0 spiro atoms. The highest BCUT2D eigenvalue weighted by molar-refractivity contribution is 7.00. The zero-order valence-electron chi connectivity index (χ0n) is 40.2. The molecule has 0 fully saturated rings. The summed E-state index contributed by atoms with van der Waals surface area (Å²) in [6, 6.07) is 54.1. The zero-order valence-corrected chi connectivity index (χ0v) is 40.2. The number of fused-ring (bicyclic) bond motifs is 6. The van der Waals surface area contributed by atoms with Crippen LogP contribution in [0, 0.1) is 6.92 Å². The Morgan fingerprint density at radius 2 is 0.938 bits per heavy atom. The van der Waals surface area contributed by atoms with Gasteiger partial charge in [-0.25, -0.2) is 0 Å². The Morgan fingerprint density at radius 3 is 1.53 bits per heavy atom. The second kappa shape index (κ2) is 13.6. The van der Waals surface area contributed by atoms with Crippen molar-refractivity contribution >= 4 is 57.2 Å². The first-order valence-electron chi connectivity index (χ1n) is 23.7. The molecule has 7 aromatic rings. The van der Waals surface area contributed by atoms with Crippen molar-refractivity contribution in [1.29, 1.82) is 0 Å². The number of aryl methyl sites for hydroxylation is 1. The summed E-state index contributed by atoms with van der Waals surface area (Å²) >= 11 is 0. The lowest BCUT2D eigenvalue weighted by atomic mass is 9.33. The molecule has 0 aromatic heterocycles. The van der Waals surface area contributed by atoms with Crippen LogP contribution in [0.15, 0.2) is 140 Å². The lowest BCUT2D eigenvalue weighted by molar-refractivity contribution is 0.403. The topological polar surface area (TPSA) is 6.48 Å².